The first-order valence-electron chi connectivity index (χ1n) is 3.38. The zero-order valence-electron chi connectivity index (χ0n) is 6.57. The first kappa shape index (κ1) is 8.16. The number of aromatic nitrogens is 2. The molecule has 4 nitrogen and oxygen atoms in total. The van der Waals surface area contributed by atoms with Crippen molar-refractivity contribution in [1.82, 2.24) is 9.97 Å². The van der Waals surface area contributed by atoms with Crippen LogP contribution in [0.2, 0.25) is 0 Å². The summed E-state index contributed by atoms with van der Waals surface area (Å²) in [6, 6.07) is 5.50. The third kappa shape index (κ3) is 1.77. The Labute approximate surface area is 70.1 Å². The van der Waals surface area contributed by atoms with Gasteiger partial charge in [-0.1, -0.05) is 0 Å². The normalized spacial score (nSPS) is 8.58. The predicted molar refractivity (Wildman–Crippen MR) is 40.8 cm³/mol. The minimum Gasteiger partial charge on any atom is -0.224 e. The van der Waals surface area contributed by atoms with Gasteiger partial charge in [0, 0.05) is 5.69 Å². The quantitative estimate of drug-likeness (QED) is 0.603. The van der Waals surface area contributed by atoms with E-state index in [1.807, 2.05) is 12.1 Å². The van der Waals surface area contributed by atoms with Crippen LogP contribution in [-0.4, -0.2) is 9.97 Å². The van der Waals surface area contributed by atoms with Crippen molar-refractivity contribution in [3.05, 3.63) is 23.3 Å². The molecule has 0 radical (unpaired) electrons. The van der Waals surface area contributed by atoms with Crippen LogP contribution in [0, 0.1) is 29.6 Å². The van der Waals surface area contributed by atoms with Gasteiger partial charge in [0.2, 0.25) is 5.82 Å². The fourth-order valence-corrected chi connectivity index (χ4v) is 0.855. The Balaban J connectivity index is 3.10. The van der Waals surface area contributed by atoms with Crippen LogP contribution < -0.4 is 0 Å². The van der Waals surface area contributed by atoms with E-state index in [1.54, 1.807) is 13.0 Å². The lowest BCUT2D eigenvalue weighted by Crippen LogP contribution is -1.97. The van der Waals surface area contributed by atoms with Crippen LogP contribution in [0.15, 0.2) is 6.07 Å². The SMILES string of the molecule is Cc1cc(CC#N)nc(C#N)n1. The Morgan fingerprint density at radius 1 is 1.42 bits per heavy atom. The molecule has 12 heavy (non-hydrogen) atoms. The molecule has 1 heterocycles. The standard InChI is InChI=1S/C8H6N4/c1-6-4-7(2-3-9)12-8(5-10)11-6/h4H,2H2,1H3. The number of aryl methyl sites for hydroxylation is 1. The van der Waals surface area contributed by atoms with Gasteiger partial charge in [0.1, 0.15) is 6.07 Å². The molecule has 1 aromatic heterocycles. The molecule has 0 N–H and O–H groups in total. The lowest BCUT2D eigenvalue weighted by Gasteiger charge is -1.95. The highest BCUT2D eigenvalue weighted by molar-refractivity contribution is 5.19. The molecule has 1 rings (SSSR count). The molecule has 0 saturated heterocycles. The van der Waals surface area contributed by atoms with Gasteiger partial charge >= 0.3 is 0 Å². The third-order valence-electron chi connectivity index (χ3n) is 1.27. The van der Waals surface area contributed by atoms with E-state index in [9.17, 15) is 0 Å². The average Bonchev–Trinajstić information content (AvgIpc) is 2.04. The fourth-order valence-electron chi connectivity index (χ4n) is 0.855. The second kappa shape index (κ2) is 3.45. The van der Waals surface area contributed by atoms with Gasteiger partial charge in [-0.25, -0.2) is 9.97 Å². The Kier molecular flexibility index (Phi) is 2.35. The molecular weight excluding hydrogens is 152 g/mol. The molecule has 0 unspecified atom stereocenters. The van der Waals surface area contributed by atoms with Crippen LogP contribution in [0.25, 0.3) is 0 Å². The van der Waals surface area contributed by atoms with Gasteiger partial charge in [-0.15, -0.1) is 0 Å². The largest absolute Gasteiger partial charge is 0.232 e. The van der Waals surface area contributed by atoms with Crippen molar-refractivity contribution in [2.24, 2.45) is 0 Å². The van der Waals surface area contributed by atoms with Gasteiger partial charge in [0.05, 0.1) is 18.2 Å². The Morgan fingerprint density at radius 2 is 2.17 bits per heavy atom. The molecule has 0 fully saturated rings. The molecule has 0 spiro atoms. The zero-order chi connectivity index (χ0) is 8.97. The van der Waals surface area contributed by atoms with Crippen LogP contribution in [-0.2, 0) is 6.42 Å². The van der Waals surface area contributed by atoms with Crippen molar-refractivity contribution in [3.63, 3.8) is 0 Å². The summed E-state index contributed by atoms with van der Waals surface area (Å²) in [7, 11) is 0. The smallest absolute Gasteiger partial charge is 0.224 e. The topological polar surface area (TPSA) is 73.4 Å². The van der Waals surface area contributed by atoms with E-state index in [-0.39, 0.29) is 12.2 Å². The minimum atomic E-state index is 0.125. The Morgan fingerprint density at radius 3 is 2.75 bits per heavy atom. The third-order valence-corrected chi connectivity index (χ3v) is 1.27. The molecular formula is C8H6N4. The molecule has 0 aliphatic rings. The van der Waals surface area contributed by atoms with Crippen molar-refractivity contribution in [1.29, 1.82) is 10.5 Å². The van der Waals surface area contributed by atoms with Crippen molar-refractivity contribution in [3.8, 4) is 12.1 Å². The van der Waals surface area contributed by atoms with E-state index in [4.69, 9.17) is 10.5 Å². The lowest BCUT2D eigenvalue weighted by molar-refractivity contribution is 0.990. The molecule has 1 aromatic rings. The van der Waals surface area contributed by atoms with E-state index < -0.39 is 0 Å². The molecule has 0 aromatic carbocycles. The summed E-state index contributed by atoms with van der Waals surface area (Å²) in [4.78, 5) is 7.70. The first-order chi connectivity index (χ1) is 5.76. The summed E-state index contributed by atoms with van der Waals surface area (Å²) in [5.41, 5.74) is 1.31. The Bertz CT molecular complexity index is 370. The summed E-state index contributed by atoms with van der Waals surface area (Å²) in [6.07, 6.45) is 0.220. The number of hydrogen-bond donors (Lipinski definition) is 0. The minimum absolute atomic E-state index is 0.125. The zero-order valence-corrected chi connectivity index (χ0v) is 6.57. The highest BCUT2D eigenvalue weighted by Gasteiger charge is 1.99. The van der Waals surface area contributed by atoms with Crippen molar-refractivity contribution >= 4 is 0 Å². The second-order valence-corrected chi connectivity index (χ2v) is 2.27. The highest BCUT2D eigenvalue weighted by atomic mass is 14.9. The molecule has 0 aliphatic carbocycles. The summed E-state index contributed by atoms with van der Waals surface area (Å²) in [5.74, 6) is 0.125. The predicted octanol–water partition coefficient (Wildman–Crippen LogP) is 0.723. The van der Waals surface area contributed by atoms with Gasteiger partial charge in [-0.05, 0) is 13.0 Å². The number of rotatable bonds is 1. The van der Waals surface area contributed by atoms with Crippen molar-refractivity contribution in [2.45, 2.75) is 13.3 Å². The Hall–Kier alpha value is -1.94. The second-order valence-electron chi connectivity index (χ2n) is 2.27. The van der Waals surface area contributed by atoms with Crippen LogP contribution in [0.5, 0.6) is 0 Å². The van der Waals surface area contributed by atoms with Gasteiger partial charge in [-0.2, -0.15) is 10.5 Å². The van der Waals surface area contributed by atoms with Gasteiger partial charge < -0.3 is 0 Å². The van der Waals surface area contributed by atoms with E-state index in [0.29, 0.717) is 11.4 Å². The number of hydrogen-bond acceptors (Lipinski definition) is 4. The van der Waals surface area contributed by atoms with Gasteiger partial charge in [-0.3, -0.25) is 0 Å². The average molecular weight is 158 g/mol. The molecule has 0 atom stereocenters. The summed E-state index contributed by atoms with van der Waals surface area (Å²) in [5, 5.41) is 16.9. The van der Waals surface area contributed by atoms with Gasteiger partial charge in [0.15, 0.2) is 0 Å². The molecule has 0 aliphatic heterocycles. The molecule has 0 amide bonds. The molecule has 0 saturated carbocycles. The maximum Gasteiger partial charge on any atom is 0.232 e. The van der Waals surface area contributed by atoms with E-state index in [0.717, 1.165) is 0 Å². The molecule has 4 heteroatoms. The van der Waals surface area contributed by atoms with Crippen LogP contribution in [0.4, 0.5) is 0 Å². The maximum atomic E-state index is 8.50. The van der Waals surface area contributed by atoms with Crippen molar-refractivity contribution in [2.75, 3.05) is 0 Å². The van der Waals surface area contributed by atoms with E-state index >= 15 is 0 Å². The van der Waals surface area contributed by atoms with Crippen LogP contribution >= 0.6 is 0 Å². The van der Waals surface area contributed by atoms with Crippen molar-refractivity contribution < 1.29 is 0 Å². The fraction of sp³-hybridized carbons (Fsp3) is 0.250. The summed E-state index contributed by atoms with van der Waals surface area (Å²) in [6.45, 7) is 1.77. The maximum absolute atomic E-state index is 8.50. The molecule has 58 valence electrons. The molecule has 0 bridgehead atoms. The summed E-state index contributed by atoms with van der Waals surface area (Å²) >= 11 is 0. The van der Waals surface area contributed by atoms with Crippen LogP contribution in [0.1, 0.15) is 17.2 Å². The van der Waals surface area contributed by atoms with Crippen LogP contribution in [0.3, 0.4) is 0 Å². The van der Waals surface area contributed by atoms with E-state index in [2.05, 4.69) is 9.97 Å². The monoisotopic (exact) mass is 158 g/mol. The highest BCUT2D eigenvalue weighted by Crippen LogP contribution is 1.99. The number of nitriles is 2. The first-order valence-corrected chi connectivity index (χ1v) is 3.38. The summed E-state index contributed by atoms with van der Waals surface area (Å²) < 4.78 is 0. The lowest BCUT2D eigenvalue weighted by atomic mass is 10.3. The van der Waals surface area contributed by atoms with E-state index in [1.165, 1.54) is 0 Å². The van der Waals surface area contributed by atoms with Gasteiger partial charge in [0.25, 0.3) is 0 Å². The number of nitrogens with zero attached hydrogens (tertiary/aromatic N) is 4.